The van der Waals surface area contributed by atoms with E-state index >= 15 is 0 Å². The maximum Gasteiger partial charge on any atom is 0.217 e. The molecule has 40 heteroatoms. The lowest BCUT2D eigenvalue weighted by Gasteiger charge is -2.52. The molecule has 92 heavy (non-hydrogen) atoms. The van der Waals surface area contributed by atoms with Gasteiger partial charge in [0.1, 0.15) is 177 Å². The highest BCUT2D eigenvalue weighted by molar-refractivity contribution is 5.73. The summed E-state index contributed by atoms with van der Waals surface area (Å²) in [5.41, 5.74) is 0. The van der Waals surface area contributed by atoms with Crippen LogP contribution in [0, 0.1) is 0 Å². The molecule has 0 radical (unpaired) electrons. The average molecular weight is 1350 g/mol. The predicted octanol–water partition coefficient (Wildman–Crippen LogP) is -15.1. The van der Waals surface area contributed by atoms with Gasteiger partial charge in [-0.2, -0.15) is 0 Å². The molecule has 0 bridgehead atoms. The molecular formula is C52H88N2O38. The van der Waals surface area contributed by atoms with Crippen LogP contribution in [0.15, 0.2) is 0 Å². The third-order valence-electron chi connectivity index (χ3n) is 17.3. The van der Waals surface area contributed by atoms with E-state index in [1.165, 1.54) is 20.8 Å². The molecule has 0 aromatic rings. The second-order valence-electron chi connectivity index (χ2n) is 23.8. The van der Waals surface area contributed by atoms with Gasteiger partial charge in [0.2, 0.25) is 11.8 Å². The van der Waals surface area contributed by atoms with Gasteiger partial charge in [-0.3, -0.25) is 9.59 Å². The van der Waals surface area contributed by atoms with Crippen molar-refractivity contribution in [3.8, 4) is 0 Å². The predicted molar refractivity (Wildman–Crippen MR) is 283 cm³/mol. The van der Waals surface area contributed by atoms with Gasteiger partial charge in [-0.25, -0.2) is 0 Å². The maximum atomic E-state index is 13.4. The first-order valence-corrected chi connectivity index (χ1v) is 29.7. The zero-order valence-electron chi connectivity index (χ0n) is 50.0. The summed E-state index contributed by atoms with van der Waals surface area (Å²) >= 11 is 0. The second kappa shape index (κ2) is 32.0. The molecule has 8 aliphatic rings. The minimum absolute atomic E-state index is 0.913. The highest BCUT2D eigenvalue weighted by Gasteiger charge is 2.61. The van der Waals surface area contributed by atoms with E-state index in [-0.39, 0.29) is 0 Å². The Morgan fingerprint density at radius 2 is 0.576 bits per heavy atom. The van der Waals surface area contributed by atoms with Crippen molar-refractivity contribution in [2.45, 2.75) is 280 Å². The Bertz CT molecular complexity index is 2330. The number of ether oxygens (including phenoxy) is 15. The molecule has 534 valence electrons. The summed E-state index contributed by atoms with van der Waals surface area (Å²) in [6, 6.07) is -3.84. The van der Waals surface area contributed by atoms with Gasteiger partial charge in [0, 0.05) is 13.8 Å². The van der Waals surface area contributed by atoms with Crippen LogP contribution in [-0.4, -0.2) is 398 Å². The maximum absolute atomic E-state index is 13.4. The quantitative estimate of drug-likeness (QED) is 0.0507. The van der Waals surface area contributed by atoms with E-state index in [0.29, 0.717) is 0 Å². The largest absolute Gasteiger partial charge is 0.394 e. The Balaban J connectivity index is 1.16. The van der Waals surface area contributed by atoms with E-state index in [1.54, 1.807) is 0 Å². The van der Waals surface area contributed by atoms with Gasteiger partial charge < -0.3 is 189 Å². The molecule has 8 fully saturated rings. The molecule has 0 saturated carbocycles. The van der Waals surface area contributed by atoms with E-state index in [4.69, 9.17) is 71.1 Å². The monoisotopic (exact) mass is 1350 g/mol. The Kier molecular flexibility index (Phi) is 26.2. The van der Waals surface area contributed by atoms with E-state index in [9.17, 15) is 117 Å². The van der Waals surface area contributed by atoms with Crippen molar-refractivity contribution in [2.24, 2.45) is 0 Å². The molecule has 8 saturated heterocycles. The molecule has 0 aromatic carbocycles. The minimum Gasteiger partial charge on any atom is -0.394 e. The summed E-state index contributed by atoms with van der Waals surface area (Å²) in [6.07, 6.45) is -74.1. The average Bonchev–Trinajstić information content (AvgIpc) is 0.766. The van der Waals surface area contributed by atoms with Gasteiger partial charge in [-0.05, 0) is 20.8 Å². The molecule has 0 aromatic heterocycles. The number of carbonyl (C=O) groups excluding carboxylic acids is 2. The fourth-order valence-electron chi connectivity index (χ4n) is 12.1. The third-order valence-corrected chi connectivity index (χ3v) is 17.3. The first-order valence-electron chi connectivity index (χ1n) is 29.7. The topological polar surface area (TPSA) is 621 Å². The number of aliphatic hydroxyl groups excluding tert-OH is 21. The SMILES string of the molecule is CC(=O)N[C@H]1[C@H](O[C@@H]2[C@@H](O)[C@H](O)O[C@H](CO)[C@@H]2O)O[C@H](CO)[C@@H](O[C@@H]2O[C@H](CO)[C@H](O)[C@H](O[C@@H]3O[C@H](CO)[C@@H](O[C@@H]4O[C@H](CO)[C@H](O)[C@H](O)[C@H]4O[C@@H]4O[C@@H](C)[C@@H](O)[C@@H](O)[C@@H]4O)[C@H](O[C@@H]4O[C@@H](C)[C@@H](O)[C@@H](O)[C@@H]4O)[C@H]3NC(C)=O)[C@H]2O)[C@@H]1O[C@@H]1O[C@@H](C)[C@@H](O)[C@@H](O)[C@@H]1O. The summed E-state index contributed by atoms with van der Waals surface area (Å²) in [5, 5.41) is 235. The smallest absolute Gasteiger partial charge is 0.217 e. The molecule has 0 spiro atoms. The van der Waals surface area contributed by atoms with Crippen LogP contribution >= 0.6 is 0 Å². The highest BCUT2D eigenvalue weighted by atomic mass is 16.8. The van der Waals surface area contributed by atoms with E-state index < -0.39 is 290 Å². The lowest BCUT2D eigenvalue weighted by Crippen LogP contribution is -2.72. The number of rotatable bonds is 21. The molecule has 23 N–H and O–H groups in total. The van der Waals surface area contributed by atoms with Crippen LogP contribution in [0.25, 0.3) is 0 Å². The number of carbonyl (C=O) groups is 2. The molecule has 8 rings (SSSR count). The molecule has 0 aliphatic carbocycles. The second-order valence-corrected chi connectivity index (χ2v) is 23.8. The summed E-state index contributed by atoms with van der Waals surface area (Å²) in [4.78, 5) is 26.5. The molecule has 0 unspecified atom stereocenters. The highest BCUT2D eigenvalue weighted by Crippen LogP contribution is 2.40. The normalized spacial score (nSPS) is 52.1. The van der Waals surface area contributed by atoms with Crippen molar-refractivity contribution in [2.75, 3.05) is 33.0 Å². The fourth-order valence-corrected chi connectivity index (χ4v) is 12.1. The summed E-state index contributed by atoms with van der Waals surface area (Å²) < 4.78 is 89.5. The molecular weight excluding hydrogens is 1260 g/mol. The number of hydrogen-bond donors (Lipinski definition) is 23. The van der Waals surface area contributed by atoms with Crippen molar-refractivity contribution in [1.82, 2.24) is 10.6 Å². The van der Waals surface area contributed by atoms with Gasteiger partial charge in [-0.15, -0.1) is 0 Å². The Labute approximate surface area is 522 Å². The Morgan fingerprint density at radius 3 is 0.957 bits per heavy atom. The van der Waals surface area contributed by atoms with Crippen molar-refractivity contribution in [1.29, 1.82) is 0 Å². The number of nitrogens with one attached hydrogen (secondary N) is 2. The summed E-state index contributed by atoms with van der Waals surface area (Å²) in [7, 11) is 0. The minimum atomic E-state index is -2.42. The van der Waals surface area contributed by atoms with Crippen LogP contribution < -0.4 is 10.6 Å². The van der Waals surface area contributed by atoms with Crippen LogP contribution in [0.4, 0.5) is 0 Å². The first-order chi connectivity index (χ1) is 43.4. The summed E-state index contributed by atoms with van der Waals surface area (Å²) in [6.45, 7) is 0.301. The fraction of sp³-hybridized carbons (Fsp3) is 0.962. The zero-order valence-corrected chi connectivity index (χ0v) is 50.0. The first kappa shape index (κ1) is 75.3. The van der Waals surface area contributed by atoms with Crippen LogP contribution in [0.3, 0.4) is 0 Å². The van der Waals surface area contributed by atoms with Crippen LogP contribution in [0.1, 0.15) is 34.6 Å². The molecule has 40 nitrogen and oxygen atoms in total. The lowest BCUT2D eigenvalue weighted by atomic mass is 9.93. The standard InChI is InChI=1S/C52H88N2O38/c1-11-23(62)29(68)33(72)48(78-11)88-40-21(53-14(4)60)46(90-42-27(66)17(7-56)81-45(77)36(42)75)84-19(9-58)38(40)86-51-37(76)43(28(67)18(8-57)82-51)91-47-22(54-15(5)61)41(89-49-34(73)30(69)24(63)12(2)79-49)39(20(10-59)85-47)87-52-44(32(71)26(65)16(6-55)83-52)92-50-35(74)31(70)25(64)13(3)80-50/h11-13,16-52,55-59,62-77H,6-10H2,1-5H3,(H,53,60)(H,54,61)/t11-,12-,13-,16+,17+,18+,19+,20+,21+,22+,23+,24+,25+,26-,27-,28-,29+,30+,31+,32-,33-,34-,35-,36+,37+,38+,39+,40+,41+,42-,43-,44+,45+,46-,47-,48-,49-,50-,51-,52-/m0/s1. The van der Waals surface area contributed by atoms with Gasteiger partial charge in [0.05, 0.1) is 51.3 Å². The van der Waals surface area contributed by atoms with Crippen LogP contribution in [-0.2, 0) is 80.6 Å². The van der Waals surface area contributed by atoms with Gasteiger partial charge in [0.25, 0.3) is 0 Å². The molecule has 2 amide bonds. The molecule has 8 heterocycles. The third kappa shape index (κ3) is 15.8. The Morgan fingerprint density at radius 1 is 0.283 bits per heavy atom. The number of aliphatic hydroxyl groups is 21. The number of hydrogen-bond acceptors (Lipinski definition) is 38. The van der Waals surface area contributed by atoms with Crippen molar-refractivity contribution in [3.05, 3.63) is 0 Å². The van der Waals surface area contributed by atoms with Gasteiger partial charge >= 0.3 is 0 Å². The zero-order chi connectivity index (χ0) is 67.8. The van der Waals surface area contributed by atoms with Crippen LogP contribution in [0.2, 0.25) is 0 Å². The van der Waals surface area contributed by atoms with Crippen LogP contribution in [0.5, 0.6) is 0 Å². The van der Waals surface area contributed by atoms with Gasteiger partial charge in [-0.1, -0.05) is 0 Å². The van der Waals surface area contributed by atoms with E-state index in [2.05, 4.69) is 10.6 Å². The van der Waals surface area contributed by atoms with Gasteiger partial charge in [0.15, 0.2) is 50.3 Å². The molecule has 40 atom stereocenters. The van der Waals surface area contributed by atoms with E-state index in [0.717, 1.165) is 13.8 Å². The van der Waals surface area contributed by atoms with E-state index in [1.807, 2.05) is 0 Å². The van der Waals surface area contributed by atoms with Crippen molar-refractivity contribution in [3.63, 3.8) is 0 Å². The van der Waals surface area contributed by atoms with Crippen molar-refractivity contribution >= 4 is 11.8 Å². The molecule has 8 aliphatic heterocycles. The Hall–Kier alpha value is -2.50. The number of amides is 2. The van der Waals surface area contributed by atoms with Crippen molar-refractivity contribution < 1.29 is 188 Å². The summed E-state index contributed by atoms with van der Waals surface area (Å²) in [5.74, 6) is -1.88. The lowest BCUT2D eigenvalue weighted by molar-refractivity contribution is -0.403.